The fourth-order valence-corrected chi connectivity index (χ4v) is 2.44. The van der Waals surface area contributed by atoms with Crippen LogP contribution in [0.5, 0.6) is 0 Å². The highest BCUT2D eigenvalue weighted by Crippen LogP contribution is 2.33. The summed E-state index contributed by atoms with van der Waals surface area (Å²) in [4.78, 5) is 15.9. The van der Waals surface area contributed by atoms with Crippen LogP contribution in [0.1, 0.15) is 16.1 Å². The number of anilines is 2. The molecule has 1 heterocycles. The van der Waals surface area contributed by atoms with E-state index in [1.807, 2.05) is 0 Å². The van der Waals surface area contributed by atoms with Crippen LogP contribution in [0, 0.1) is 5.82 Å². The topological polar surface area (TPSA) is 51.2 Å². The van der Waals surface area contributed by atoms with Gasteiger partial charge in [-0.3, -0.25) is 0 Å². The van der Waals surface area contributed by atoms with E-state index in [0.717, 1.165) is 12.1 Å². The van der Waals surface area contributed by atoms with Gasteiger partial charge in [0.25, 0.3) is 0 Å². The molecule has 0 atom stereocenters. The lowest BCUT2D eigenvalue weighted by Crippen LogP contribution is -2.07. The molecule has 0 bridgehead atoms. The lowest BCUT2D eigenvalue weighted by atomic mass is 10.1. The number of pyridine rings is 1. The summed E-state index contributed by atoms with van der Waals surface area (Å²) >= 11 is 0. The molecule has 0 saturated heterocycles. The van der Waals surface area contributed by atoms with E-state index in [0.29, 0.717) is 10.9 Å². The molecule has 0 aliphatic rings. The Balaban J connectivity index is 2.11. The summed E-state index contributed by atoms with van der Waals surface area (Å²) in [5.41, 5.74) is -0.230. The summed E-state index contributed by atoms with van der Waals surface area (Å²) in [6.07, 6.45) is -4.50. The summed E-state index contributed by atoms with van der Waals surface area (Å²) in [7, 11) is 1.18. The van der Waals surface area contributed by atoms with Crippen LogP contribution < -0.4 is 5.32 Å². The van der Waals surface area contributed by atoms with Gasteiger partial charge in [-0.1, -0.05) is 6.07 Å². The first-order valence-corrected chi connectivity index (χ1v) is 7.41. The number of benzene rings is 2. The number of ether oxygens (including phenoxy) is 1. The maximum atomic E-state index is 13.6. The number of rotatable bonds is 3. The van der Waals surface area contributed by atoms with Crippen molar-refractivity contribution in [2.75, 3.05) is 12.4 Å². The van der Waals surface area contributed by atoms with E-state index >= 15 is 0 Å². The highest BCUT2D eigenvalue weighted by molar-refractivity contribution is 5.98. The molecule has 2 aromatic carbocycles. The Hall–Kier alpha value is -3.16. The summed E-state index contributed by atoms with van der Waals surface area (Å²) in [5.74, 6) is -1.26. The molecule has 1 aromatic heterocycles. The fourth-order valence-electron chi connectivity index (χ4n) is 2.44. The molecule has 0 aliphatic carbocycles. The van der Waals surface area contributed by atoms with Gasteiger partial charge in [0.15, 0.2) is 5.69 Å². The third-order valence-corrected chi connectivity index (χ3v) is 3.63. The Morgan fingerprint density at radius 2 is 1.88 bits per heavy atom. The monoisotopic (exact) mass is 364 g/mol. The van der Waals surface area contributed by atoms with Crippen LogP contribution in [-0.2, 0) is 10.9 Å². The van der Waals surface area contributed by atoms with Crippen LogP contribution in [0.15, 0.2) is 48.5 Å². The largest absolute Gasteiger partial charge is 0.464 e. The van der Waals surface area contributed by atoms with E-state index in [2.05, 4.69) is 15.0 Å². The number of carbonyl (C=O) groups is 1. The Labute approximate surface area is 145 Å². The van der Waals surface area contributed by atoms with Crippen molar-refractivity contribution in [1.82, 2.24) is 4.98 Å². The SMILES string of the molecule is COC(=O)c1cc(Nc2cccc(C(F)(F)F)c2)c2cc(F)ccc2n1. The minimum absolute atomic E-state index is 0.0546. The number of alkyl halides is 3. The maximum absolute atomic E-state index is 13.6. The van der Waals surface area contributed by atoms with Crippen molar-refractivity contribution in [2.45, 2.75) is 6.18 Å². The molecule has 0 amide bonds. The lowest BCUT2D eigenvalue weighted by molar-refractivity contribution is -0.137. The van der Waals surface area contributed by atoms with Crippen LogP contribution in [0.25, 0.3) is 10.9 Å². The van der Waals surface area contributed by atoms with Crippen molar-refractivity contribution >= 4 is 28.2 Å². The summed E-state index contributed by atoms with van der Waals surface area (Å²) in [6, 6.07) is 9.56. The molecule has 134 valence electrons. The van der Waals surface area contributed by atoms with Crippen molar-refractivity contribution in [3.05, 3.63) is 65.6 Å². The number of aromatic nitrogens is 1. The van der Waals surface area contributed by atoms with Crippen LogP contribution in [0.4, 0.5) is 28.9 Å². The number of methoxy groups -OCH3 is 1. The third-order valence-electron chi connectivity index (χ3n) is 3.63. The molecule has 1 N–H and O–H groups in total. The van der Waals surface area contributed by atoms with Crippen LogP contribution >= 0.6 is 0 Å². The quantitative estimate of drug-likeness (QED) is 0.529. The molecular formula is C18H12F4N2O2. The maximum Gasteiger partial charge on any atom is 0.416 e. The molecule has 3 aromatic rings. The standard InChI is InChI=1S/C18H12F4N2O2/c1-26-17(25)16-9-15(13-8-11(19)5-6-14(13)24-16)23-12-4-2-3-10(7-12)18(20,21)22/h2-9H,1H3,(H,23,24). The van der Waals surface area contributed by atoms with Crippen LogP contribution in [0.2, 0.25) is 0 Å². The number of carbonyl (C=O) groups excluding carboxylic acids is 1. The zero-order valence-electron chi connectivity index (χ0n) is 13.4. The van der Waals surface area contributed by atoms with Gasteiger partial charge in [-0.25, -0.2) is 14.2 Å². The molecule has 26 heavy (non-hydrogen) atoms. The normalized spacial score (nSPS) is 11.4. The molecule has 3 rings (SSSR count). The van der Waals surface area contributed by atoms with Crippen molar-refractivity contribution in [3.8, 4) is 0 Å². The van der Waals surface area contributed by atoms with Gasteiger partial charge >= 0.3 is 12.1 Å². The second-order valence-electron chi connectivity index (χ2n) is 5.41. The number of hydrogen-bond acceptors (Lipinski definition) is 4. The predicted molar refractivity (Wildman–Crippen MR) is 87.8 cm³/mol. The van der Waals surface area contributed by atoms with Gasteiger partial charge in [0.2, 0.25) is 0 Å². The molecule has 0 unspecified atom stereocenters. The van der Waals surface area contributed by atoms with Gasteiger partial charge in [-0.15, -0.1) is 0 Å². The smallest absolute Gasteiger partial charge is 0.416 e. The Morgan fingerprint density at radius 1 is 1.12 bits per heavy atom. The first kappa shape index (κ1) is 17.7. The molecule has 0 radical (unpaired) electrons. The number of esters is 1. The average Bonchev–Trinajstić information content (AvgIpc) is 2.60. The summed E-state index contributed by atoms with van der Waals surface area (Å²) in [5, 5.41) is 3.11. The van der Waals surface area contributed by atoms with Gasteiger partial charge in [-0.2, -0.15) is 13.2 Å². The van der Waals surface area contributed by atoms with E-state index in [1.165, 1.54) is 43.5 Å². The molecule has 0 fully saturated rings. The van der Waals surface area contributed by atoms with Gasteiger partial charge in [0.05, 0.1) is 23.9 Å². The summed E-state index contributed by atoms with van der Waals surface area (Å²) in [6.45, 7) is 0. The zero-order valence-corrected chi connectivity index (χ0v) is 13.4. The molecule has 4 nitrogen and oxygen atoms in total. The number of nitrogens with one attached hydrogen (secondary N) is 1. The highest BCUT2D eigenvalue weighted by atomic mass is 19.4. The first-order valence-electron chi connectivity index (χ1n) is 7.41. The number of hydrogen-bond donors (Lipinski definition) is 1. The third kappa shape index (κ3) is 3.58. The fraction of sp³-hybridized carbons (Fsp3) is 0.111. The minimum atomic E-state index is -4.50. The van der Waals surface area contributed by atoms with Gasteiger partial charge < -0.3 is 10.1 Å². The number of fused-ring (bicyclic) bond motifs is 1. The van der Waals surface area contributed by atoms with E-state index < -0.39 is 23.5 Å². The molecular weight excluding hydrogens is 352 g/mol. The Kier molecular flexibility index (Phi) is 4.50. The summed E-state index contributed by atoms with van der Waals surface area (Å²) < 4.78 is 56.9. The second kappa shape index (κ2) is 6.62. The highest BCUT2D eigenvalue weighted by Gasteiger charge is 2.30. The van der Waals surface area contributed by atoms with E-state index in [4.69, 9.17) is 0 Å². The number of nitrogens with zero attached hydrogens (tertiary/aromatic N) is 1. The molecule has 0 spiro atoms. The Bertz CT molecular complexity index is 987. The number of halogens is 4. The second-order valence-corrected chi connectivity index (χ2v) is 5.41. The molecule has 8 heteroatoms. The zero-order chi connectivity index (χ0) is 18.9. The molecule has 0 saturated carbocycles. The van der Waals surface area contributed by atoms with E-state index in [9.17, 15) is 22.4 Å². The minimum Gasteiger partial charge on any atom is -0.464 e. The van der Waals surface area contributed by atoms with Crippen LogP contribution in [0.3, 0.4) is 0 Å². The lowest BCUT2D eigenvalue weighted by Gasteiger charge is -2.13. The van der Waals surface area contributed by atoms with Crippen molar-refractivity contribution in [3.63, 3.8) is 0 Å². The predicted octanol–water partition coefficient (Wildman–Crippen LogP) is 4.92. The van der Waals surface area contributed by atoms with Crippen LogP contribution in [-0.4, -0.2) is 18.1 Å². The first-order chi connectivity index (χ1) is 12.3. The van der Waals surface area contributed by atoms with Gasteiger partial charge in [-0.05, 0) is 42.5 Å². The molecule has 0 aliphatic heterocycles. The van der Waals surface area contributed by atoms with E-state index in [-0.39, 0.29) is 17.1 Å². The van der Waals surface area contributed by atoms with E-state index in [1.54, 1.807) is 0 Å². The Morgan fingerprint density at radius 3 is 2.58 bits per heavy atom. The van der Waals surface area contributed by atoms with Gasteiger partial charge in [0, 0.05) is 11.1 Å². The van der Waals surface area contributed by atoms with Crippen molar-refractivity contribution in [2.24, 2.45) is 0 Å². The van der Waals surface area contributed by atoms with Gasteiger partial charge in [0.1, 0.15) is 5.82 Å². The van der Waals surface area contributed by atoms with Crippen molar-refractivity contribution < 1.29 is 27.1 Å². The average molecular weight is 364 g/mol. The van der Waals surface area contributed by atoms with Crippen molar-refractivity contribution in [1.29, 1.82) is 0 Å².